The lowest BCUT2D eigenvalue weighted by atomic mass is 10.3. The van der Waals surface area contributed by atoms with E-state index in [0.29, 0.717) is 18.6 Å². The first kappa shape index (κ1) is 11.4. The monoisotopic (exact) mass is 236 g/mol. The SMILES string of the molecule is CC(=O)NCCn1c(N)nc2c(F)cccc21. The number of nitrogen functional groups attached to an aromatic ring is 1. The Labute approximate surface area is 97.4 Å². The number of aromatic nitrogens is 2. The average Bonchev–Trinajstić information content (AvgIpc) is 2.57. The molecule has 0 atom stereocenters. The average molecular weight is 236 g/mol. The molecule has 0 bridgehead atoms. The first-order valence-corrected chi connectivity index (χ1v) is 5.24. The third-order valence-corrected chi connectivity index (χ3v) is 2.47. The standard InChI is InChI=1S/C11H13FN4O/c1-7(17)14-5-6-16-9-4-2-3-8(12)10(9)15-11(16)13/h2-4H,5-6H2,1H3,(H2,13,15)(H,14,17). The molecule has 0 radical (unpaired) electrons. The molecule has 17 heavy (non-hydrogen) atoms. The number of imidazole rings is 1. The van der Waals surface area contributed by atoms with E-state index in [-0.39, 0.29) is 17.4 Å². The molecule has 0 spiro atoms. The van der Waals surface area contributed by atoms with Crippen molar-refractivity contribution in [1.29, 1.82) is 0 Å². The highest BCUT2D eigenvalue weighted by Gasteiger charge is 2.10. The van der Waals surface area contributed by atoms with Crippen molar-refractivity contribution in [1.82, 2.24) is 14.9 Å². The Hall–Kier alpha value is -2.11. The zero-order chi connectivity index (χ0) is 12.4. The van der Waals surface area contributed by atoms with E-state index < -0.39 is 5.82 Å². The van der Waals surface area contributed by atoms with Crippen LogP contribution in [0.15, 0.2) is 18.2 Å². The number of anilines is 1. The summed E-state index contributed by atoms with van der Waals surface area (Å²) in [6, 6.07) is 4.69. The molecule has 2 aromatic rings. The van der Waals surface area contributed by atoms with E-state index in [1.165, 1.54) is 13.0 Å². The van der Waals surface area contributed by atoms with E-state index in [9.17, 15) is 9.18 Å². The Balaban J connectivity index is 2.30. The molecular weight excluding hydrogens is 223 g/mol. The summed E-state index contributed by atoms with van der Waals surface area (Å²) in [5.41, 5.74) is 6.60. The summed E-state index contributed by atoms with van der Waals surface area (Å²) in [7, 11) is 0. The van der Waals surface area contributed by atoms with Gasteiger partial charge in [0.25, 0.3) is 0 Å². The maximum absolute atomic E-state index is 13.4. The topological polar surface area (TPSA) is 72.9 Å². The quantitative estimate of drug-likeness (QED) is 0.831. The maximum Gasteiger partial charge on any atom is 0.216 e. The lowest BCUT2D eigenvalue weighted by molar-refractivity contribution is -0.118. The molecule has 6 heteroatoms. The zero-order valence-electron chi connectivity index (χ0n) is 9.40. The van der Waals surface area contributed by atoms with Gasteiger partial charge in [-0.3, -0.25) is 4.79 Å². The molecule has 0 saturated heterocycles. The van der Waals surface area contributed by atoms with Crippen molar-refractivity contribution < 1.29 is 9.18 Å². The molecule has 5 nitrogen and oxygen atoms in total. The summed E-state index contributed by atoms with van der Waals surface area (Å²) in [6.07, 6.45) is 0. The van der Waals surface area contributed by atoms with E-state index in [2.05, 4.69) is 10.3 Å². The number of hydrogen-bond donors (Lipinski definition) is 2. The second-order valence-corrected chi connectivity index (χ2v) is 3.71. The smallest absolute Gasteiger partial charge is 0.216 e. The molecule has 1 amide bonds. The molecule has 1 aromatic heterocycles. The Morgan fingerprint density at radius 3 is 3.06 bits per heavy atom. The fourth-order valence-electron chi connectivity index (χ4n) is 1.71. The Kier molecular flexibility index (Phi) is 2.95. The van der Waals surface area contributed by atoms with Crippen molar-refractivity contribution in [3.8, 4) is 0 Å². The van der Waals surface area contributed by atoms with E-state index in [1.54, 1.807) is 16.7 Å². The van der Waals surface area contributed by atoms with Crippen LogP contribution in [0.5, 0.6) is 0 Å². The molecule has 0 aliphatic heterocycles. The number of carbonyl (C=O) groups is 1. The van der Waals surface area contributed by atoms with Crippen LogP contribution in [0.1, 0.15) is 6.92 Å². The van der Waals surface area contributed by atoms with Gasteiger partial charge in [-0.1, -0.05) is 6.07 Å². The van der Waals surface area contributed by atoms with Gasteiger partial charge >= 0.3 is 0 Å². The minimum absolute atomic E-state index is 0.112. The number of nitrogens with two attached hydrogens (primary N) is 1. The molecular formula is C11H13FN4O. The highest BCUT2D eigenvalue weighted by atomic mass is 19.1. The number of rotatable bonds is 3. The first-order chi connectivity index (χ1) is 8.09. The van der Waals surface area contributed by atoms with Crippen molar-refractivity contribution in [2.75, 3.05) is 12.3 Å². The Bertz CT molecular complexity index is 564. The molecule has 2 rings (SSSR count). The number of amides is 1. The number of hydrogen-bond acceptors (Lipinski definition) is 3. The molecule has 90 valence electrons. The fourth-order valence-corrected chi connectivity index (χ4v) is 1.71. The van der Waals surface area contributed by atoms with Gasteiger partial charge in [-0.05, 0) is 12.1 Å². The van der Waals surface area contributed by atoms with Crippen LogP contribution >= 0.6 is 0 Å². The second-order valence-electron chi connectivity index (χ2n) is 3.71. The van der Waals surface area contributed by atoms with Crippen LogP contribution in [0.4, 0.5) is 10.3 Å². The van der Waals surface area contributed by atoms with Crippen molar-refractivity contribution >= 4 is 22.9 Å². The van der Waals surface area contributed by atoms with Gasteiger partial charge in [-0.2, -0.15) is 0 Å². The molecule has 0 fully saturated rings. The summed E-state index contributed by atoms with van der Waals surface area (Å²) in [5.74, 6) is -0.262. The van der Waals surface area contributed by atoms with E-state index >= 15 is 0 Å². The number of carbonyl (C=O) groups excluding carboxylic acids is 1. The highest BCUT2D eigenvalue weighted by molar-refractivity contribution is 5.79. The van der Waals surface area contributed by atoms with Gasteiger partial charge in [0.1, 0.15) is 5.52 Å². The van der Waals surface area contributed by atoms with Crippen LogP contribution in [-0.2, 0) is 11.3 Å². The lowest BCUT2D eigenvalue weighted by Gasteiger charge is -2.06. The summed E-state index contributed by atoms with van der Waals surface area (Å²) >= 11 is 0. The lowest BCUT2D eigenvalue weighted by Crippen LogP contribution is -2.24. The van der Waals surface area contributed by atoms with E-state index in [4.69, 9.17) is 5.73 Å². The summed E-state index contributed by atoms with van der Waals surface area (Å²) in [6.45, 7) is 2.34. The fraction of sp³-hybridized carbons (Fsp3) is 0.273. The largest absolute Gasteiger partial charge is 0.369 e. The predicted octanol–water partition coefficient (Wildman–Crippen LogP) is 0.894. The van der Waals surface area contributed by atoms with Crippen molar-refractivity contribution in [3.63, 3.8) is 0 Å². The van der Waals surface area contributed by atoms with Gasteiger partial charge in [0.15, 0.2) is 5.82 Å². The molecule has 1 heterocycles. The van der Waals surface area contributed by atoms with Crippen LogP contribution in [0, 0.1) is 5.82 Å². The van der Waals surface area contributed by atoms with Crippen LogP contribution in [0.3, 0.4) is 0 Å². The van der Waals surface area contributed by atoms with E-state index in [0.717, 1.165) is 0 Å². The van der Waals surface area contributed by atoms with Crippen molar-refractivity contribution in [2.45, 2.75) is 13.5 Å². The summed E-state index contributed by atoms with van der Waals surface area (Å²) in [5, 5.41) is 2.65. The van der Waals surface area contributed by atoms with Gasteiger partial charge in [0.05, 0.1) is 5.52 Å². The normalized spacial score (nSPS) is 10.7. The van der Waals surface area contributed by atoms with Gasteiger partial charge < -0.3 is 15.6 Å². The van der Waals surface area contributed by atoms with Crippen molar-refractivity contribution in [2.24, 2.45) is 0 Å². The Morgan fingerprint density at radius 2 is 2.35 bits per heavy atom. The number of halogens is 1. The minimum atomic E-state index is -0.396. The van der Waals surface area contributed by atoms with Gasteiger partial charge in [-0.25, -0.2) is 9.37 Å². The Morgan fingerprint density at radius 1 is 1.59 bits per heavy atom. The first-order valence-electron chi connectivity index (χ1n) is 5.24. The zero-order valence-corrected chi connectivity index (χ0v) is 9.40. The summed E-state index contributed by atoms with van der Waals surface area (Å²) in [4.78, 5) is 14.7. The number of nitrogens with zero attached hydrogens (tertiary/aromatic N) is 2. The molecule has 1 aromatic carbocycles. The van der Waals surface area contributed by atoms with Crippen LogP contribution in [0.2, 0.25) is 0 Å². The van der Waals surface area contributed by atoms with Crippen LogP contribution < -0.4 is 11.1 Å². The number of para-hydroxylation sites is 1. The molecule has 0 aliphatic carbocycles. The highest BCUT2D eigenvalue weighted by Crippen LogP contribution is 2.19. The van der Waals surface area contributed by atoms with Gasteiger partial charge in [0, 0.05) is 20.0 Å². The molecule has 0 unspecified atom stereocenters. The summed E-state index contributed by atoms with van der Waals surface area (Å²) < 4.78 is 15.1. The second kappa shape index (κ2) is 4.40. The minimum Gasteiger partial charge on any atom is -0.369 e. The van der Waals surface area contributed by atoms with Crippen molar-refractivity contribution in [3.05, 3.63) is 24.0 Å². The third-order valence-electron chi connectivity index (χ3n) is 2.47. The maximum atomic E-state index is 13.4. The van der Waals surface area contributed by atoms with Gasteiger partial charge in [-0.15, -0.1) is 0 Å². The number of nitrogens with one attached hydrogen (secondary N) is 1. The third kappa shape index (κ3) is 2.20. The van der Waals surface area contributed by atoms with Crippen LogP contribution in [0.25, 0.3) is 11.0 Å². The number of fused-ring (bicyclic) bond motifs is 1. The predicted molar refractivity (Wildman–Crippen MR) is 62.8 cm³/mol. The molecule has 0 saturated carbocycles. The molecule has 3 N–H and O–H groups in total. The molecule has 0 aliphatic rings. The van der Waals surface area contributed by atoms with E-state index in [1.807, 2.05) is 0 Å². The van der Waals surface area contributed by atoms with Gasteiger partial charge in [0.2, 0.25) is 11.9 Å². The van der Waals surface area contributed by atoms with Crippen LogP contribution in [-0.4, -0.2) is 22.0 Å². The number of benzene rings is 1.